The Kier molecular flexibility index (Phi) is 7.18. The van der Waals surface area contributed by atoms with E-state index in [1.165, 1.54) is 31.4 Å². The number of hydrogen-bond acceptors (Lipinski definition) is 4. The van der Waals surface area contributed by atoms with Gasteiger partial charge in [0.1, 0.15) is 10.6 Å². The summed E-state index contributed by atoms with van der Waals surface area (Å²) < 4.78 is 36.7. The third-order valence-electron chi connectivity index (χ3n) is 2.95. The number of carbonyl (C=O) groups excluding carboxylic acids is 1. The predicted octanol–water partition coefficient (Wildman–Crippen LogP) is -0.158. The molecule has 0 spiro atoms. The summed E-state index contributed by atoms with van der Waals surface area (Å²) >= 11 is 0. The van der Waals surface area contributed by atoms with Crippen LogP contribution < -0.4 is 34.3 Å². The van der Waals surface area contributed by atoms with Gasteiger partial charge in [-0.25, -0.2) is 0 Å². The quantitative estimate of drug-likeness (QED) is 0.354. The topological polar surface area (TPSA) is 80.7 Å². The molecule has 0 radical (unpaired) electrons. The van der Waals surface area contributed by atoms with Crippen molar-refractivity contribution < 1.29 is 52.1 Å². The molecule has 0 saturated carbocycles. The van der Waals surface area contributed by atoms with Crippen molar-refractivity contribution in [2.75, 3.05) is 7.11 Å². The first-order valence-electron chi connectivity index (χ1n) is 6.35. The van der Waals surface area contributed by atoms with E-state index >= 15 is 0 Å². The van der Waals surface area contributed by atoms with Crippen LogP contribution in [0.3, 0.4) is 0 Å². The third kappa shape index (κ3) is 5.30. The maximum absolute atomic E-state index is 11.9. The molecule has 0 fully saturated rings. The van der Waals surface area contributed by atoms with Crippen LogP contribution in [0.25, 0.3) is 6.08 Å². The van der Waals surface area contributed by atoms with Crippen molar-refractivity contribution in [3.8, 4) is 5.75 Å². The monoisotopic (exact) mass is 341 g/mol. The number of methoxy groups -OCH3 is 1. The molecule has 5 nitrogen and oxygen atoms in total. The van der Waals surface area contributed by atoms with E-state index in [0.717, 1.165) is 0 Å². The van der Waals surface area contributed by atoms with E-state index < -0.39 is 10.1 Å². The first-order chi connectivity index (χ1) is 10.4. The minimum Gasteiger partial charge on any atom is -0.495 e. The third-order valence-corrected chi connectivity index (χ3v) is 3.83. The molecule has 0 aliphatic rings. The van der Waals surface area contributed by atoms with E-state index in [-0.39, 0.29) is 46.0 Å². The zero-order valence-electron chi connectivity index (χ0n) is 12.8. The summed E-state index contributed by atoms with van der Waals surface area (Å²) in [5.41, 5.74) is 0.986. The molecule has 0 aliphatic heterocycles. The maximum Gasteiger partial charge on any atom is 1.00 e. The smallest absolute Gasteiger partial charge is 0.495 e. The van der Waals surface area contributed by atoms with E-state index in [4.69, 9.17) is 4.74 Å². The number of allylic oxidation sites excluding steroid dienone is 1. The number of ether oxygens (including phenoxy) is 1. The van der Waals surface area contributed by atoms with Crippen molar-refractivity contribution in [2.24, 2.45) is 0 Å². The van der Waals surface area contributed by atoms with Gasteiger partial charge in [0.05, 0.1) is 7.11 Å². The number of carbonyl (C=O) groups is 1. The molecule has 2 aromatic carbocycles. The van der Waals surface area contributed by atoms with Gasteiger partial charge in [-0.3, -0.25) is 9.35 Å². The Morgan fingerprint density at radius 1 is 1.13 bits per heavy atom. The molecule has 0 aromatic heterocycles. The van der Waals surface area contributed by atoms with Crippen LogP contribution >= 0.6 is 0 Å². The fourth-order valence-electron chi connectivity index (χ4n) is 1.87. The second-order valence-corrected chi connectivity index (χ2v) is 5.84. The SMILES string of the molecule is COc1ccc(C=CC(=O)c2ccccc2)cc1S(=O)(=O)O.[Na+]. The summed E-state index contributed by atoms with van der Waals surface area (Å²) in [6, 6.07) is 12.9. The number of ketones is 1. The minimum absolute atomic E-state index is 0. The number of hydrogen-bond donors (Lipinski definition) is 1. The van der Waals surface area contributed by atoms with Gasteiger partial charge in [0, 0.05) is 5.56 Å². The Labute approximate surface area is 157 Å². The second-order valence-electron chi connectivity index (χ2n) is 4.45. The second kappa shape index (κ2) is 8.42. The fourth-order valence-corrected chi connectivity index (χ4v) is 2.56. The van der Waals surface area contributed by atoms with Crippen molar-refractivity contribution in [2.45, 2.75) is 4.90 Å². The van der Waals surface area contributed by atoms with Crippen molar-refractivity contribution in [1.29, 1.82) is 0 Å². The molecule has 1 N–H and O–H groups in total. The standard InChI is InChI=1S/C16H14O5S.Na/c1-21-15-10-8-12(11-16(15)22(18,19)20)7-9-14(17)13-5-3-2-4-6-13;/h2-11H,1H3,(H,18,19,20);/q;+1. The maximum atomic E-state index is 11.9. The summed E-state index contributed by atoms with van der Waals surface area (Å²) in [6.45, 7) is 0. The zero-order chi connectivity index (χ0) is 16.2. The summed E-state index contributed by atoms with van der Waals surface area (Å²) in [5, 5.41) is 0. The van der Waals surface area contributed by atoms with Gasteiger partial charge < -0.3 is 4.74 Å². The van der Waals surface area contributed by atoms with Crippen LogP contribution in [0.15, 0.2) is 59.5 Å². The van der Waals surface area contributed by atoms with E-state index in [2.05, 4.69) is 0 Å². The number of benzene rings is 2. The summed E-state index contributed by atoms with van der Waals surface area (Å²) in [7, 11) is -3.10. The largest absolute Gasteiger partial charge is 1.00 e. The van der Waals surface area contributed by atoms with Crippen LogP contribution in [0.5, 0.6) is 5.75 Å². The molecule has 114 valence electrons. The van der Waals surface area contributed by atoms with E-state index in [1.54, 1.807) is 30.3 Å². The number of rotatable bonds is 5. The Morgan fingerprint density at radius 3 is 2.35 bits per heavy atom. The van der Waals surface area contributed by atoms with Crippen LogP contribution in [0, 0.1) is 0 Å². The summed E-state index contributed by atoms with van der Waals surface area (Å²) in [6.07, 6.45) is 2.81. The first-order valence-corrected chi connectivity index (χ1v) is 7.79. The Bertz CT molecular complexity index is 814. The van der Waals surface area contributed by atoms with E-state index in [0.29, 0.717) is 11.1 Å². The minimum atomic E-state index is -4.40. The van der Waals surface area contributed by atoms with Gasteiger partial charge in [-0.15, -0.1) is 0 Å². The molecule has 23 heavy (non-hydrogen) atoms. The van der Waals surface area contributed by atoms with Crippen molar-refractivity contribution in [3.05, 3.63) is 65.7 Å². The fraction of sp³-hybridized carbons (Fsp3) is 0.0625. The van der Waals surface area contributed by atoms with Gasteiger partial charge in [0.25, 0.3) is 10.1 Å². The summed E-state index contributed by atoms with van der Waals surface area (Å²) in [4.78, 5) is 11.6. The zero-order valence-corrected chi connectivity index (χ0v) is 15.6. The van der Waals surface area contributed by atoms with Crippen molar-refractivity contribution in [3.63, 3.8) is 0 Å². The molecular weight excluding hydrogens is 327 g/mol. The molecule has 0 saturated heterocycles. The first kappa shape index (κ1) is 19.6. The summed E-state index contributed by atoms with van der Waals surface area (Å²) in [5.74, 6) is -0.168. The molecule has 0 aliphatic carbocycles. The van der Waals surface area contributed by atoms with E-state index in [9.17, 15) is 17.8 Å². The normalized spacial score (nSPS) is 11.0. The van der Waals surface area contributed by atoms with Gasteiger partial charge in [0.2, 0.25) is 0 Å². The molecule has 2 rings (SSSR count). The average Bonchev–Trinajstić information content (AvgIpc) is 2.52. The van der Waals surface area contributed by atoms with Crippen LogP contribution in [0.1, 0.15) is 15.9 Å². The predicted molar refractivity (Wildman–Crippen MR) is 82.6 cm³/mol. The van der Waals surface area contributed by atoms with Crippen LogP contribution in [-0.4, -0.2) is 25.9 Å². The van der Waals surface area contributed by atoms with Crippen LogP contribution in [-0.2, 0) is 10.1 Å². The van der Waals surface area contributed by atoms with Crippen LogP contribution in [0.2, 0.25) is 0 Å². The van der Waals surface area contributed by atoms with Gasteiger partial charge >= 0.3 is 29.6 Å². The molecular formula is C16H14NaO5S+. The molecule has 7 heteroatoms. The molecule has 0 unspecified atom stereocenters. The molecule has 0 atom stereocenters. The van der Waals surface area contributed by atoms with Gasteiger partial charge in [-0.1, -0.05) is 42.5 Å². The molecule has 0 bridgehead atoms. The average molecular weight is 341 g/mol. The van der Waals surface area contributed by atoms with Crippen molar-refractivity contribution in [1.82, 2.24) is 0 Å². The molecule has 0 amide bonds. The Balaban J connectivity index is 0.00000264. The molecule has 0 heterocycles. The Morgan fingerprint density at radius 2 is 1.78 bits per heavy atom. The van der Waals surface area contributed by atoms with Crippen molar-refractivity contribution >= 4 is 22.0 Å². The molecule has 2 aromatic rings. The van der Waals surface area contributed by atoms with Gasteiger partial charge in [-0.05, 0) is 23.8 Å². The Hall–Kier alpha value is -1.44. The van der Waals surface area contributed by atoms with Gasteiger partial charge in [0.15, 0.2) is 5.78 Å². The van der Waals surface area contributed by atoms with Crippen LogP contribution in [0.4, 0.5) is 0 Å². The van der Waals surface area contributed by atoms with Gasteiger partial charge in [-0.2, -0.15) is 8.42 Å². The van der Waals surface area contributed by atoms with E-state index in [1.807, 2.05) is 6.07 Å².